The Balaban J connectivity index is 0.000000255. The second-order valence-corrected chi connectivity index (χ2v) is 17.1. The van der Waals surface area contributed by atoms with Crippen molar-refractivity contribution in [1.82, 2.24) is 34.1 Å². The third-order valence-corrected chi connectivity index (χ3v) is 10.4. The number of aliphatic hydroxyl groups is 1. The number of ketones is 2. The highest BCUT2D eigenvalue weighted by molar-refractivity contribution is 6.31. The van der Waals surface area contributed by atoms with Crippen molar-refractivity contribution in [1.29, 1.82) is 0 Å². The lowest BCUT2D eigenvalue weighted by molar-refractivity contribution is 0.101. The zero-order chi connectivity index (χ0) is 51.9. The molecule has 0 radical (unpaired) electrons. The normalized spacial score (nSPS) is 10.8. The maximum Gasteiger partial charge on any atom is 0.329 e. The molecule has 0 amide bonds. The molecule has 374 valence electrons. The molecule has 15 nitrogen and oxygen atoms in total. The van der Waals surface area contributed by atoms with E-state index in [1.54, 1.807) is 58.9 Å². The summed E-state index contributed by atoms with van der Waals surface area (Å²) < 4.78 is 67.3. The zero-order valence-corrected chi connectivity index (χ0v) is 39.4. The first kappa shape index (κ1) is 55.9. The van der Waals surface area contributed by atoms with E-state index in [2.05, 4.69) is 24.9 Å². The van der Waals surface area contributed by atoms with E-state index in [0.717, 1.165) is 50.6 Å². The molecule has 0 spiro atoms. The lowest BCUT2D eigenvalue weighted by Crippen LogP contribution is -2.38. The van der Waals surface area contributed by atoms with Crippen molar-refractivity contribution in [3.63, 3.8) is 0 Å². The van der Waals surface area contributed by atoms with E-state index >= 15 is 0 Å². The molecule has 5 N–H and O–H groups in total. The second-order valence-electron chi connectivity index (χ2n) is 16.7. The van der Waals surface area contributed by atoms with Crippen LogP contribution in [0.4, 0.5) is 27.8 Å². The Morgan fingerprint density at radius 2 is 0.930 bits per heavy atom. The molecule has 0 aliphatic rings. The number of carbonyl (C=O) groups excluding carboxylic acids is 2. The predicted molar refractivity (Wildman–Crippen MR) is 258 cm³/mol. The SMILES string of the molecule is C.Cc1cc(C)cc(C(=O)c2c(C(C)C)c(=O)[nH]c(=O)n2Cc2cc(N)nc(F)c2)c1.Cc1cc(Cl)cc(C(=O)c2c(C(C)C)c(=O)[nH]c(=O)n2Cc2cc(F)nc(F)c2)c1.OCc1cc(F)nc(F)c1. The van der Waals surface area contributed by atoms with Crippen molar-refractivity contribution in [3.05, 3.63) is 216 Å². The molecular formula is C50H50ClF5N8O7. The molecule has 0 atom stereocenters. The first-order valence-corrected chi connectivity index (χ1v) is 21.6. The summed E-state index contributed by atoms with van der Waals surface area (Å²) in [6.45, 7) is 11.5. The molecule has 0 aliphatic carbocycles. The van der Waals surface area contributed by atoms with Gasteiger partial charge >= 0.3 is 11.4 Å². The molecule has 0 fully saturated rings. The van der Waals surface area contributed by atoms with Gasteiger partial charge in [0.25, 0.3) is 11.1 Å². The topological polar surface area (TPSA) is 229 Å². The van der Waals surface area contributed by atoms with Crippen LogP contribution in [0.15, 0.2) is 92.0 Å². The maximum atomic E-state index is 13.7. The minimum absolute atomic E-state index is 0. The van der Waals surface area contributed by atoms with Crippen molar-refractivity contribution < 1.29 is 36.6 Å². The Labute approximate surface area is 407 Å². The summed E-state index contributed by atoms with van der Waals surface area (Å²) in [6, 6.07) is 16.4. The molecule has 7 rings (SSSR count). The highest BCUT2D eigenvalue weighted by atomic mass is 35.5. The molecule has 5 heterocycles. The summed E-state index contributed by atoms with van der Waals surface area (Å²) in [5.74, 6) is -6.58. The number of aromatic nitrogens is 7. The number of pyridine rings is 3. The van der Waals surface area contributed by atoms with Crippen LogP contribution in [0.3, 0.4) is 0 Å². The summed E-state index contributed by atoms with van der Waals surface area (Å²) in [4.78, 5) is 91.1. The van der Waals surface area contributed by atoms with Crippen molar-refractivity contribution in [2.75, 3.05) is 5.73 Å². The van der Waals surface area contributed by atoms with Gasteiger partial charge in [0.05, 0.1) is 19.7 Å². The van der Waals surface area contributed by atoms with Crippen molar-refractivity contribution in [2.24, 2.45) is 0 Å². The van der Waals surface area contributed by atoms with E-state index in [1.807, 2.05) is 19.9 Å². The van der Waals surface area contributed by atoms with E-state index in [-0.39, 0.29) is 78.1 Å². The molecule has 7 aromatic rings. The van der Waals surface area contributed by atoms with Gasteiger partial charge in [-0.05, 0) is 122 Å². The van der Waals surface area contributed by atoms with Gasteiger partial charge in [0.1, 0.15) is 17.2 Å². The van der Waals surface area contributed by atoms with Gasteiger partial charge < -0.3 is 10.8 Å². The van der Waals surface area contributed by atoms with E-state index in [1.165, 1.54) is 12.1 Å². The minimum atomic E-state index is -1.06. The first-order chi connectivity index (χ1) is 32.8. The number of halogens is 6. The van der Waals surface area contributed by atoms with Crippen LogP contribution in [0, 0.1) is 50.5 Å². The van der Waals surface area contributed by atoms with Crippen LogP contribution in [0.25, 0.3) is 0 Å². The fraction of sp³-hybridized carbons (Fsp3) is 0.260. The monoisotopic (exact) mass is 1000 g/mol. The van der Waals surface area contributed by atoms with E-state index in [9.17, 15) is 50.7 Å². The first-order valence-electron chi connectivity index (χ1n) is 21.2. The second kappa shape index (κ2) is 23.7. The van der Waals surface area contributed by atoms with Crippen molar-refractivity contribution in [3.8, 4) is 0 Å². The van der Waals surface area contributed by atoms with Crippen LogP contribution in [-0.2, 0) is 19.7 Å². The van der Waals surface area contributed by atoms with E-state index < -0.39 is 69.7 Å². The molecule has 0 unspecified atom stereocenters. The highest BCUT2D eigenvalue weighted by Gasteiger charge is 2.27. The molecule has 21 heteroatoms. The number of aromatic amines is 2. The number of nitrogen functional groups attached to an aromatic ring is 1. The molecule has 0 saturated heterocycles. The lowest BCUT2D eigenvalue weighted by atomic mass is 9.95. The Bertz CT molecular complexity index is 3090. The molecule has 0 bridgehead atoms. The lowest BCUT2D eigenvalue weighted by Gasteiger charge is -2.18. The summed E-state index contributed by atoms with van der Waals surface area (Å²) in [5.41, 5.74) is 6.43. The highest BCUT2D eigenvalue weighted by Crippen LogP contribution is 2.24. The third kappa shape index (κ3) is 14.2. The van der Waals surface area contributed by atoms with Gasteiger partial charge in [0.2, 0.25) is 41.3 Å². The number of hydrogen-bond donors (Lipinski definition) is 4. The maximum absolute atomic E-state index is 13.7. The molecule has 5 aromatic heterocycles. The number of aliphatic hydroxyl groups excluding tert-OH is 1. The average molecular weight is 1010 g/mol. The fourth-order valence-corrected chi connectivity index (χ4v) is 7.81. The third-order valence-electron chi connectivity index (χ3n) is 10.2. The number of rotatable bonds is 11. The Morgan fingerprint density at radius 1 is 0.577 bits per heavy atom. The number of carbonyl (C=O) groups is 2. The van der Waals surface area contributed by atoms with E-state index in [0.29, 0.717) is 21.7 Å². The van der Waals surface area contributed by atoms with Gasteiger partial charge in [-0.1, -0.05) is 63.9 Å². The zero-order valence-electron chi connectivity index (χ0n) is 38.7. The van der Waals surface area contributed by atoms with Crippen LogP contribution < -0.4 is 28.2 Å². The Kier molecular flexibility index (Phi) is 18.7. The van der Waals surface area contributed by atoms with Crippen LogP contribution in [0.1, 0.15) is 124 Å². The van der Waals surface area contributed by atoms with Crippen LogP contribution in [0.5, 0.6) is 0 Å². The largest absolute Gasteiger partial charge is 0.392 e. The molecule has 71 heavy (non-hydrogen) atoms. The van der Waals surface area contributed by atoms with Crippen molar-refractivity contribution >= 4 is 29.0 Å². The van der Waals surface area contributed by atoms with Gasteiger partial charge in [-0.3, -0.25) is 38.3 Å². The number of anilines is 1. The number of nitrogens with two attached hydrogens (primary N) is 1. The van der Waals surface area contributed by atoms with Gasteiger partial charge in [-0.25, -0.2) is 14.6 Å². The number of aryl methyl sites for hydroxylation is 3. The van der Waals surface area contributed by atoms with Crippen LogP contribution in [-0.4, -0.2) is 50.7 Å². The minimum Gasteiger partial charge on any atom is -0.392 e. The number of nitrogens with zero attached hydrogens (tertiary/aromatic N) is 5. The molecule has 0 saturated carbocycles. The predicted octanol–water partition coefficient (Wildman–Crippen LogP) is 7.73. The summed E-state index contributed by atoms with van der Waals surface area (Å²) in [7, 11) is 0. The quantitative estimate of drug-likeness (QED) is 0.0557. The van der Waals surface area contributed by atoms with Crippen LogP contribution >= 0.6 is 11.6 Å². The fourth-order valence-electron chi connectivity index (χ4n) is 7.52. The molecule has 2 aromatic carbocycles. The number of hydrogen-bond acceptors (Lipinski definition) is 11. The van der Waals surface area contributed by atoms with Gasteiger partial charge in [0.15, 0.2) is 0 Å². The average Bonchev–Trinajstić information content (AvgIpc) is 3.23. The van der Waals surface area contributed by atoms with Gasteiger partial charge in [0, 0.05) is 27.3 Å². The molecule has 0 aliphatic heterocycles. The summed E-state index contributed by atoms with van der Waals surface area (Å²) in [6.07, 6.45) is 0. The number of benzene rings is 2. The standard InChI is InChI=1S/C22H23FN4O3.C21H18ClF2N3O3.C6H5F2NO.CH4/c1-11(2)18-19(20(28)15-6-12(3)5-13(4)7-15)27(22(30)26-21(18)29)10-14-8-16(23)25-17(24)9-14;1-10(2)17-18(19(28)13-4-11(3)5-14(22)8-13)27(21(30)26-20(17)29)9-12-6-15(23)25-16(24)7-12;7-5-1-4(3-10)2-6(8)9-5;/h5-9,11H,10H2,1-4H3,(H2,24,25)(H,26,29,30);4-8,10H,9H2,1-3H3,(H,26,29,30);1-2,10H,3H2;1H4. The van der Waals surface area contributed by atoms with Crippen molar-refractivity contribution in [2.45, 2.75) is 87.4 Å². The van der Waals surface area contributed by atoms with Gasteiger partial charge in [-0.15, -0.1) is 0 Å². The van der Waals surface area contributed by atoms with Gasteiger partial charge in [-0.2, -0.15) is 31.9 Å². The smallest absolute Gasteiger partial charge is 0.329 e. The molecular weight excluding hydrogens is 955 g/mol. The Morgan fingerprint density at radius 3 is 1.30 bits per heavy atom. The number of nitrogens with one attached hydrogen (secondary N) is 2. The Hall–Kier alpha value is -7.71. The van der Waals surface area contributed by atoms with Crippen LogP contribution in [0.2, 0.25) is 5.02 Å². The summed E-state index contributed by atoms with van der Waals surface area (Å²) >= 11 is 6.07. The van der Waals surface area contributed by atoms with E-state index in [4.69, 9.17) is 22.4 Å². The summed E-state index contributed by atoms with van der Waals surface area (Å²) in [5, 5.41) is 8.75. The number of H-pyrrole nitrogens is 2.